The molecule has 0 spiro atoms. The molecule has 6 nitrogen and oxygen atoms in total. The number of H-pyrrole nitrogens is 1. The van der Waals surface area contributed by atoms with Crippen LogP contribution in [0.2, 0.25) is 0 Å². The van der Waals surface area contributed by atoms with Gasteiger partial charge in [0.15, 0.2) is 0 Å². The van der Waals surface area contributed by atoms with Gasteiger partial charge in [-0.05, 0) is 11.4 Å². The molecule has 0 aromatic carbocycles. The summed E-state index contributed by atoms with van der Waals surface area (Å²) in [5.41, 5.74) is -0.782. The number of hydrogen-bond donors (Lipinski definition) is 1. The van der Waals surface area contributed by atoms with Gasteiger partial charge in [0.05, 0.1) is 18.8 Å². The van der Waals surface area contributed by atoms with Gasteiger partial charge in [-0.15, -0.1) is 4.73 Å². The third-order valence-corrected chi connectivity index (χ3v) is 5.45. The Labute approximate surface area is 125 Å². The first kappa shape index (κ1) is 18.3. The SMILES string of the molecule is CCOP(CSCC(CF)Cn1ccc(=O)[nH]c1=O)OF. The molecular weight excluding hydrogens is 325 g/mol. The normalized spacial score (nSPS) is 14.0. The lowest BCUT2D eigenvalue weighted by Crippen LogP contribution is -2.31. The van der Waals surface area contributed by atoms with Crippen molar-refractivity contribution in [2.45, 2.75) is 13.5 Å². The molecule has 1 heterocycles. The van der Waals surface area contributed by atoms with Crippen molar-refractivity contribution in [3.8, 4) is 0 Å². The number of nitrogens with one attached hydrogen (secondary N) is 1. The van der Waals surface area contributed by atoms with Gasteiger partial charge < -0.3 is 9.09 Å². The van der Waals surface area contributed by atoms with E-state index in [9.17, 15) is 18.5 Å². The van der Waals surface area contributed by atoms with Crippen LogP contribution in [0.15, 0.2) is 21.9 Å². The molecule has 1 aromatic rings. The Morgan fingerprint density at radius 3 is 2.86 bits per heavy atom. The Balaban J connectivity index is 2.48. The fourth-order valence-corrected chi connectivity index (χ4v) is 3.86. The summed E-state index contributed by atoms with van der Waals surface area (Å²) in [5, 5.41) is 0. The molecule has 0 aliphatic rings. The van der Waals surface area contributed by atoms with Crippen molar-refractivity contribution < 1.29 is 18.2 Å². The molecule has 0 bridgehead atoms. The molecule has 120 valence electrons. The quantitative estimate of drug-likeness (QED) is 0.659. The van der Waals surface area contributed by atoms with Gasteiger partial charge in [-0.25, -0.2) is 4.79 Å². The standard InChI is InChI=1S/C11H17F2N2O4PS/c1-2-18-20(19-13)8-21-7-9(5-12)6-15-4-3-10(16)14-11(15)17/h3-4,9H,2,5-8H2,1H3,(H,14,16,17). The molecule has 0 fully saturated rings. The van der Waals surface area contributed by atoms with E-state index in [1.807, 2.05) is 0 Å². The number of rotatable bonds is 10. The van der Waals surface area contributed by atoms with Crippen LogP contribution >= 0.6 is 20.1 Å². The van der Waals surface area contributed by atoms with Crippen molar-refractivity contribution in [3.63, 3.8) is 0 Å². The van der Waals surface area contributed by atoms with Gasteiger partial charge in [0.25, 0.3) is 5.56 Å². The number of thioether (sulfide) groups is 1. The number of hydrogen-bond acceptors (Lipinski definition) is 5. The van der Waals surface area contributed by atoms with Gasteiger partial charge in [0.2, 0.25) is 8.38 Å². The molecule has 0 saturated heterocycles. The molecule has 1 N–H and O–H groups in total. The highest BCUT2D eigenvalue weighted by Crippen LogP contribution is 2.42. The second-order valence-corrected chi connectivity index (χ2v) is 6.94. The Kier molecular flexibility index (Phi) is 8.75. The lowest BCUT2D eigenvalue weighted by Gasteiger charge is -2.15. The molecule has 1 aromatic heterocycles. The van der Waals surface area contributed by atoms with Crippen LogP contribution in [-0.2, 0) is 15.8 Å². The molecule has 1 rings (SSSR count). The number of aromatic nitrogens is 2. The third-order valence-electron chi connectivity index (χ3n) is 2.47. The lowest BCUT2D eigenvalue weighted by atomic mass is 10.2. The molecular formula is C11H17F2N2O4PS. The summed E-state index contributed by atoms with van der Waals surface area (Å²) in [6.45, 7) is 1.59. The molecule has 0 radical (unpaired) electrons. The summed E-state index contributed by atoms with van der Waals surface area (Å²) >= 11 is 1.30. The Morgan fingerprint density at radius 2 is 2.29 bits per heavy atom. The Hall–Kier alpha value is -0.760. The van der Waals surface area contributed by atoms with Crippen molar-refractivity contribution in [1.82, 2.24) is 9.55 Å². The van der Waals surface area contributed by atoms with Gasteiger partial charge in [-0.1, -0.05) is 0 Å². The topological polar surface area (TPSA) is 73.3 Å². The second-order valence-electron chi connectivity index (χ2n) is 4.10. The first-order chi connectivity index (χ1) is 10.1. The van der Waals surface area contributed by atoms with E-state index >= 15 is 0 Å². The van der Waals surface area contributed by atoms with Gasteiger partial charge >= 0.3 is 5.69 Å². The highest BCUT2D eigenvalue weighted by atomic mass is 32.2. The van der Waals surface area contributed by atoms with Gasteiger partial charge in [0, 0.05) is 30.5 Å². The van der Waals surface area contributed by atoms with Crippen LogP contribution in [0.3, 0.4) is 0 Å². The van der Waals surface area contributed by atoms with Crippen molar-refractivity contribution in [2.24, 2.45) is 5.92 Å². The van der Waals surface area contributed by atoms with E-state index in [0.29, 0.717) is 12.4 Å². The summed E-state index contributed by atoms with van der Waals surface area (Å²) in [4.78, 5) is 24.5. The highest BCUT2D eigenvalue weighted by Gasteiger charge is 2.15. The second kappa shape index (κ2) is 10.0. The summed E-state index contributed by atoms with van der Waals surface area (Å²) in [5.74, 6) is -0.0335. The predicted molar refractivity (Wildman–Crippen MR) is 78.9 cm³/mol. The predicted octanol–water partition coefficient (Wildman–Crippen LogP) is 2.06. The minimum Gasteiger partial charge on any atom is -0.332 e. The van der Waals surface area contributed by atoms with E-state index in [2.05, 4.69) is 9.71 Å². The van der Waals surface area contributed by atoms with Gasteiger partial charge in [0.1, 0.15) is 0 Å². The highest BCUT2D eigenvalue weighted by molar-refractivity contribution is 8.03. The Morgan fingerprint density at radius 1 is 1.52 bits per heavy atom. The van der Waals surface area contributed by atoms with Gasteiger partial charge in [-0.3, -0.25) is 14.2 Å². The smallest absolute Gasteiger partial charge is 0.328 e. The summed E-state index contributed by atoms with van der Waals surface area (Å²) in [6, 6.07) is 1.20. The minimum atomic E-state index is -1.61. The molecule has 0 aliphatic carbocycles. The fraction of sp³-hybridized carbons (Fsp3) is 0.636. The van der Waals surface area contributed by atoms with Crippen LogP contribution in [0.4, 0.5) is 8.92 Å². The summed E-state index contributed by atoms with van der Waals surface area (Å²) < 4.78 is 35.0. The number of nitrogens with zero attached hydrogens (tertiary/aromatic N) is 1. The zero-order chi connectivity index (χ0) is 15.7. The molecule has 10 heteroatoms. The van der Waals surface area contributed by atoms with E-state index < -0.39 is 32.2 Å². The van der Waals surface area contributed by atoms with Crippen molar-refractivity contribution in [1.29, 1.82) is 0 Å². The van der Waals surface area contributed by atoms with E-state index in [1.54, 1.807) is 6.92 Å². The first-order valence-corrected chi connectivity index (χ1v) is 8.75. The summed E-state index contributed by atoms with van der Waals surface area (Å²) in [7, 11) is -1.61. The van der Waals surface area contributed by atoms with Crippen LogP contribution in [0.5, 0.6) is 0 Å². The monoisotopic (exact) mass is 342 g/mol. The van der Waals surface area contributed by atoms with Gasteiger partial charge in [-0.2, -0.15) is 11.8 Å². The number of halogens is 2. The van der Waals surface area contributed by atoms with E-state index in [4.69, 9.17) is 4.52 Å². The maximum absolute atomic E-state index is 13.0. The maximum Gasteiger partial charge on any atom is 0.328 e. The average molecular weight is 342 g/mol. The molecule has 21 heavy (non-hydrogen) atoms. The largest absolute Gasteiger partial charge is 0.332 e. The molecule has 2 unspecified atom stereocenters. The fourth-order valence-electron chi connectivity index (χ4n) is 1.53. The van der Waals surface area contributed by atoms with Crippen LogP contribution in [-0.4, -0.2) is 34.1 Å². The number of aromatic amines is 1. The maximum atomic E-state index is 13.0. The molecule has 2 atom stereocenters. The average Bonchev–Trinajstić information content (AvgIpc) is 2.47. The molecule has 0 amide bonds. The zero-order valence-electron chi connectivity index (χ0n) is 11.5. The van der Waals surface area contributed by atoms with E-state index in [-0.39, 0.29) is 12.0 Å². The zero-order valence-corrected chi connectivity index (χ0v) is 13.2. The minimum absolute atomic E-state index is 0.141. The van der Waals surface area contributed by atoms with Crippen molar-refractivity contribution in [2.75, 3.05) is 24.5 Å². The molecule has 0 saturated carbocycles. The van der Waals surface area contributed by atoms with Crippen molar-refractivity contribution >= 4 is 20.1 Å². The van der Waals surface area contributed by atoms with E-state index in [1.165, 1.54) is 28.6 Å². The van der Waals surface area contributed by atoms with Crippen molar-refractivity contribution in [3.05, 3.63) is 33.1 Å². The van der Waals surface area contributed by atoms with Crippen LogP contribution in [0.1, 0.15) is 6.92 Å². The van der Waals surface area contributed by atoms with Crippen LogP contribution in [0.25, 0.3) is 0 Å². The number of alkyl halides is 1. The van der Waals surface area contributed by atoms with E-state index in [0.717, 1.165) is 0 Å². The van der Waals surface area contributed by atoms with Crippen LogP contribution < -0.4 is 11.2 Å². The summed E-state index contributed by atoms with van der Waals surface area (Å²) in [6.07, 6.45) is 1.33. The molecule has 0 aliphatic heterocycles. The van der Waals surface area contributed by atoms with Crippen LogP contribution in [0, 0.1) is 5.92 Å². The first-order valence-electron chi connectivity index (χ1n) is 6.23. The third kappa shape index (κ3) is 6.69. The Bertz CT molecular complexity index is 527. The lowest BCUT2D eigenvalue weighted by molar-refractivity contribution is -0.00823.